The van der Waals surface area contributed by atoms with Crippen LogP contribution in [0.1, 0.15) is 67.7 Å². The van der Waals surface area contributed by atoms with Crippen molar-refractivity contribution in [2.45, 2.75) is 65.7 Å². The molecule has 1 aromatic carbocycles. The molecule has 4 rings (SSSR count). The molecule has 0 fully saturated rings. The number of hydrogen-bond acceptors (Lipinski definition) is 7. The highest BCUT2D eigenvalue weighted by Crippen LogP contribution is 2.51. The summed E-state index contributed by atoms with van der Waals surface area (Å²) < 4.78 is 0. The lowest BCUT2D eigenvalue weighted by Crippen LogP contribution is -2.42. The monoisotopic (exact) mass is 490 g/mol. The predicted octanol–water partition coefficient (Wildman–Crippen LogP) is 6.25. The summed E-state index contributed by atoms with van der Waals surface area (Å²) >= 11 is 1.63. The van der Waals surface area contributed by atoms with Gasteiger partial charge in [-0.05, 0) is 49.3 Å². The fourth-order valence-corrected chi connectivity index (χ4v) is 6.23. The molecule has 1 unspecified atom stereocenters. The molecule has 182 valence electrons. The first-order valence-electron chi connectivity index (χ1n) is 11.9. The molecule has 0 radical (unpaired) electrons. The van der Waals surface area contributed by atoms with Crippen molar-refractivity contribution < 1.29 is 9.72 Å². The predicted molar refractivity (Wildman–Crippen MR) is 138 cm³/mol. The summed E-state index contributed by atoms with van der Waals surface area (Å²) in [6.45, 7) is 8.07. The lowest BCUT2D eigenvalue weighted by atomic mass is 9.69. The second-order valence-corrected chi connectivity index (χ2v) is 11.3. The fourth-order valence-electron chi connectivity index (χ4n) is 5.06. The molecule has 2 aliphatic rings. The van der Waals surface area contributed by atoms with E-state index in [1.807, 2.05) is 26.8 Å². The van der Waals surface area contributed by atoms with Crippen molar-refractivity contribution in [2.24, 2.45) is 11.1 Å². The zero-order chi connectivity index (χ0) is 25.5. The van der Waals surface area contributed by atoms with E-state index in [4.69, 9.17) is 5.73 Å². The van der Waals surface area contributed by atoms with Gasteiger partial charge >= 0.3 is 0 Å². The summed E-state index contributed by atoms with van der Waals surface area (Å²) in [5, 5.41) is 21.8. The number of ketones is 1. The van der Waals surface area contributed by atoms with Crippen LogP contribution in [0.2, 0.25) is 0 Å². The molecule has 1 aliphatic carbocycles. The summed E-state index contributed by atoms with van der Waals surface area (Å²) in [4.78, 5) is 28.6. The van der Waals surface area contributed by atoms with Gasteiger partial charge in [0.2, 0.25) is 0 Å². The first-order valence-corrected chi connectivity index (χ1v) is 12.7. The molecule has 0 saturated heterocycles. The lowest BCUT2D eigenvalue weighted by Gasteiger charge is -2.43. The number of nitrogens with two attached hydrogens (primary N) is 1. The van der Waals surface area contributed by atoms with Crippen LogP contribution in [0.3, 0.4) is 0 Å². The van der Waals surface area contributed by atoms with Crippen molar-refractivity contribution in [3.05, 3.63) is 78.4 Å². The number of unbranched alkanes of at least 4 members (excludes halogenated alkanes) is 1. The highest BCUT2D eigenvalue weighted by molar-refractivity contribution is 7.12. The van der Waals surface area contributed by atoms with Crippen LogP contribution in [0, 0.1) is 33.8 Å². The van der Waals surface area contributed by atoms with Crippen molar-refractivity contribution >= 4 is 28.5 Å². The van der Waals surface area contributed by atoms with E-state index < -0.39 is 10.8 Å². The highest BCUT2D eigenvalue weighted by Gasteiger charge is 2.45. The molecule has 0 spiro atoms. The number of carbonyl (C=O) groups excluding carboxylic acids is 1. The maximum absolute atomic E-state index is 13.7. The van der Waals surface area contributed by atoms with E-state index >= 15 is 0 Å². The number of aryl methyl sites for hydroxylation is 2. The molecule has 1 aromatic heterocycles. The molecular formula is C27H30N4O3S. The minimum absolute atomic E-state index is 0.00177. The molecule has 8 heteroatoms. The Morgan fingerprint density at radius 3 is 2.69 bits per heavy atom. The Balaban J connectivity index is 1.95. The summed E-state index contributed by atoms with van der Waals surface area (Å²) in [7, 11) is 0. The smallest absolute Gasteiger partial charge is 0.271 e. The third-order valence-electron chi connectivity index (χ3n) is 6.77. The number of hydrogen-bond donors (Lipinski definition) is 1. The zero-order valence-electron chi connectivity index (χ0n) is 20.6. The number of thiophene rings is 1. The topological polar surface area (TPSA) is 113 Å². The summed E-state index contributed by atoms with van der Waals surface area (Å²) in [6.07, 6.45) is 4.07. The summed E-state index contributed by atoms with van der Waals surface area (Å²) in [6, 6.07) is 11.0. The fraction of sp³-hybridized carbons (Fsp3) is 0.407. The second-order valence-electron chi connectivity index (χ2n) is 10.1. The maximum atomic E-state index is 13.7. The van der Waals surface area contributed by atoms with Crippen LogP contribution >= 0.6 is 11.3 Å². The van der Waals surface area contributed by atoms with Gasteiger partial charge in [-0.15, -0.1) is 11.3 Å². The minimum atomic E-state index is -0.519. The van der Waals surface area contributed by atoms with Gasteiger partial charge < -0.3 is 5.73 Å². The Bertz CT molecular complexity index is 1310. The molecule has 35 heavy (non-hydrogen) atoms. The number of nitro benzene ring substituents is 1. The van der Waals surface area contributed by atoms with Gasteiger partial charge in [0.05, 0.1) is 28.2 Å². The second kappa shape index (κ2) is 9.31. The molecule has 2 aromatic rings. The average molecular weight is 491 g/mol. The largest absolute Gasteiger partial charge is 0.384 e. The standard InChI is InChI=1S/C27H30N4O3S/c1-5-6-7-18-10-11-23(35-18)24-19(15-28)26(29)30(20-12-17(31(33)34)9-8-16(20)2)21-13-27(3,4)14-22(32)25(21)24/h8-12,24H,5-7,13-14,29H2,1-4H3. The van der Waals surface area contributed by atoms with E-state index in [0.29, 0.717) is 29.7 Å². The van der Waals surface area contributed by atoms with Crippen molar-refractivity contribution in [2.75, 3.05) is 4.90 Å². The van der Waals surface area contributed by atoms with Gasteiger partial charge in [0.1, 0.15) is 5.82 Å². The van der Waals surface area contributed by atoms with Crippen molar-refractivity contribution in [1.29, 1.82) is 5.26 Å². The van der Waals surface area contributed by atoms with Crippen molar-refractivity contribution in [3.8, 4) is 6.07 Å². The molecular weight excluding hydrogens is 460 g/mol. The third kappa shape index (κ3) is 4.48. The number of nitro groups is 1. The Labute approximate surface area is 209 Å². The van der Waals surface area contributed by atoms with Crippen LogP contribution in [0.4, 0.5) is 11.4 Å². The van der Waals surface area contributed by atoms with Crippen LogP contribution in [-0.2, 0) is 11.2 Å². The van der Waals surface area contributed by atoms with E-state index in [0.717, 1.165) is 35.4 Å². The third-order valence-corrected chi connectivity index (χ3v) is 7.98. The number of anilines is 1. The van der Waals surface area contributed by atoms with Gasteiger partial charge in [0.15, 0.2) is 5.78 Å². The molecule has 0 bridgehead atoms. The first kappa shape index (κ1) is 24.7. The Morgan fingerprint density at radius 1 is 1.29 bits per heavy atom. The minimum Gasteiger partial charge on any atom is -0.384 e. The molecule has 2 N–H and O–H groups in total. The van der Waals surface area contributed by atoms with E-state index in [1.165, 1.54) is 17.0 Å². The SMILES string of the molecule is CCCCc1ccc(C2C(C#N)=C(N)N(c3cc([N+](=O)[O-])ccc3C)C3=C2C(=O)CC(C)(C)C3)s1. The van der Waals surface area contributed by atoms with E-state index in [-0.39, 0.29) is 22.7 Å². The van der Waals surface area contributed by atoms with Gasteiger partial charge in [-0.2, -0.15) is 5.26 Å². The molecule has 0 amide bonds. The molecule has 0 saturated carbocycles. The number of allylic oxidation sites excluding steroid dienone is 3. The lowest BCUT2D eigenvalue weighted by molar-refractivity contribution is -0.384. The van der Waals surface area contributed by atoms with Crippen molar-refractivity contribution in [3.63, 3.8) is 0 Å². The number of carbonyl (C=O) groups is 1. The van der Waals surface area contributed by atoms with Gasteiger partial charge in [-0.1, -0.05) is 33.3 Å². The number of rotatable bonds is 6. The maximum Gasteiger partial charge on any atom is 0.271 e. The number of Topliss-reactive ketones (excluding diaryl/α,β-unsaturated/α-hetero) is 1. The average Bonchev–Trinajstić information content (AvgIpc) is 3.25. The van der Waals surface area contributed by atoms with Crippen LogP contribution in [-0.4, -0.2) is 10.7 Å². The number of nitrogens with zero attached hydrogens (tertiary/aromatic N) is 3. The Kier molecular flexibility index (Phi) is 6.56. The normalized spacial score (nSPS) is 19.6. The van der Waals surface area contributed by atoms with Crippen LogP contribution in [0.5, 0.6) is 0 Å². The van der Waals surface area contributed by atoms with Gasteiger partial charge in [-0.25, -0.2) is 0 Å². The van der Waals surface area contributed by atoms with Crippen LogP contribution in [0.15, 0.2) is 53.0 Å². The number of nitriles is 1. The van der Waals surface area contributed by atoms with Gasteiger partial charge in [-0.3, -0.25) is 19.8 Å². The van der Waals surface area contributed by atoms with Crippen molar-refractivity contribution in [1.82, 2.24) is 0 Å². The zero-order valence-corrected chi connectivity index (χ0v) is 21.4. The van der Waals surface area contributed by atoms with Crippen LogP contribution < -0.4 is 10.6 Å². The first-order chi connectivity index (χ1) is 16.6. The van der Waals surface area contributed by atoms with Gasteiger partial charge in [0.25, 0.3) is 5.69 Å². The molecule has 2 heterocycles. The van der Waals surface area contributed by atoms with E-state index in [1.54, 1.807) is 22.3 Å². The highest BCUT2D eigenvalue weighted by atomic mass is 32.1. The van der Waals surface area contributed by atoms with E-state index in [9.17, 15) is 20.2 Å². The van der Waals surface area contributed by atoms with E-state index in [2.05, 4.69) is 19.1 Å². The molecule has 7 nitrogen and oxygen atoms in total. The number of non-ortho nitro benzene ring substituents is 1. The van der Waals surface area contributed by atoms with Gasteiger partial charge in [0, 0.05) is 39.6 Å². The Hall–Kier alpha value is -3.44. The summed E-state index contributed by atoms with van der Waals surface area (Å²) in [5.41, 5.74) is 9.25. The van der Waals surface area contributed by atoms with Crippen LogP contribution in [0.25, 0.3) is 0 Å². The molecule has 1 atom stereocenters. The molecule has 1 aliphatic heterocycles. The quantitative estimate of drug-likeness (QED) is 0.378. The summed E-state index contributed by atoms with van der Waals surface area (Å²) in [5.74, 6) is -0.291. The Morgan fingerprint density at radius 2 is 2.03 bits per heavy atom. The number of benzene rings is 1.